The van der Waals surface area contributed by atoms with E-state index in [1.54, 1.807) is 6.07 Å². The summed E-state index contributed by atoms with van der Waals surface area (Å²) in [7, 11) is 4.12. The Hall–Kier alpha value is -0.910. The van der Waals surface area contributed by atoms with Crippen LogP contribution in [0.1, 0.15) is 26.6 Å². The van der Waals surface area contributed by atoms with Crippen molar-refractivity contribution in [2.24, 2.45) is 5.92 Å². The van der Waals surface area contributed by atoms with E-state index < -0.39 is 0 Å². The van der Waals surface area contributed by atoms with Gasteiger partial charge in [-0.2, -0.15) is 0 Å². The summed E-state index contributed by atoms with van der Waals surface area (Å²) < 4.78 is 5.33. The molecule has 1 N–H and O–H groups in total. The molecule has 1 aromatic rings. The van der Waals surface area contributed by atoms with Gasteiger partial charge in [-0.05, 0) is 26.9 Å². The summed E-state index contributed by atoms with van der Waals surface area (Å²) >= 11 is 6.04. The van der Waals surface area contributed by atoms with Crippen LogP contribution in [0.25, 0.3) is 0 Å². The maximum absolute atomic E-state index is 6.04. The fraction of sp³-hybridized carbons (Fsp3) is 0.714. The lowest BCUT2D eigenvalue weighted by molar-refractivity contribution is 0.128. The van der Waals surface area contributed by atoms with Crippen LogP contribution >= 0.6 is 11.6 Å². The highest BCUT2D eigenvalue weighted by Gasteiger charge is 2.15. The first kappa shape index (κ1) is 17.1. The molecule has 0 amide bonds. The van der Waals surface area contributed by atoms with Gasteiger partial charge < -0.3 is 15.0 Å². The molecule has 5 nitrogen and oxygen atoms in total. The number of anilines is 1. The van der Waals surface area contributed by atoms with Crippen LogP contribution in [0.5, 0.6) is 0 Å². The Labute approximate surface area is 126 Å². The van der Waals surface area contributed by atoms with Gasteiger partial charge in [0.05, 0.1) is 0 Å². The van der Waals surface area contributed by atoms with E-state index in [9.17, 15) is 0 Å². The first-order chi connectivity index (χ1) is 9.42. The van der Waals surface area contributed by atoms with E-state index in [1.165, 1.54) is 0 Å². The Morgan fingerprint density at radius 2 is 2.05 bits per heavy atom. The van der Waals surface area contributed by atoms with Gasteiger partial charge in [0.25, 0.3) is 0 Å². The van der Waals surface area contributed by atoms with E-state index in [-0.39, 0.29) is 0 Å². The summed E-state index contributed by atoms with van der Waals surface area (Å²) in [5, 5.41) is 3.87. The molecule has 114 valence electrons. The standard InChI is InChI=1S/C14H25ClN4O/c1-6-20-9-14-17-12(15)7-13(18-14)16-11(10(2)3)8-19(4)5/h7,10-11H,6,8-9H2,1-5H3,(H,16,17,18). The van der Waals surface area contributed by atoms with Crippen molar-refractivity contribution >= 4 is 17.4 Å². The number of ether oxygens (including phenoxy) is 1. The second-order valence-corrected chi connectivity index (χ2v) is 5.77. The molecule has 0 aliphatic heterocycles. The number of nitrogens with one attached hydrogen (secondary N) is 1. The third-order valence-corrected chi connectivity index (χ3v) is 3.07. The van der Waals surface area contributed by atoms with Gasteiger partial charge in [-0.1, -0.05) is 25.4 Å². The number of rotatable bonds is 8. The monoisotopic (exact) mass is 300 g/mol. The van der Waals surface area contributed by atoms with E-state index in [0.29, 0.717) is 36.2 Å². The molecule has 6 heteroatoms. The minimum atomic E-state index is 0.302. The molecule has 0 aromatic carbocycles. The number of nitrogens with zero attached hydrogens (tertiary/aromatic N) is 3. The summed E-state index contributed by atoms with van der Waals surface area (Å²) in [6, 6.07) is 2.05. The maximum Gasteiger partial charge on any atom is 0.158 e. The highest BCUT2D eigenvalue weighted by atomic mass is 35.5. The zero-order valence-corrected chi connectivity index (χ0v) is 13.7. The number of aromatic nitrogens is 2. The normalized spacial score (nSPS) is 13.0. The second-order valence-electron chi connectivity index (χ2n) is 5.39. The highest BCUT2D eigenvalue weighted by Crippen LogP contribution is 2.16. The first-order valence-electron chi connectivity index (χ1n) is 6.94. The average Bonchev–Trinajstić information content (AvgIpc) is 2.34. The average molecular weight is 301 g/mol. The molecule has 0 spiro atoms. The number of hydrogen-bond donors (Lipinski definition) is 1. The van der Waals surface area contributed by atoms with Crippen LogP contribution in [0.15, 0.2) is 6.07 Å². The smallest absolute Gasteiger partial charge is 0.158 e. The Balaban J connectivity index is 2.80. The molecule has 1 unspecified atom stereocenters. The zero-order valence-electron chi connectivity index (χ0n) is 13.0. The van der Waals surface area contributed by atoms with Crippen molar-refractivity contribution in [3.8, 4) is 0 Å². The molecule has 0 aliphatic carbocycles. The van der Waals surface area contributed by atoms with E-state index >= 15 is 0 Å². The van der Waals surface area contributed by atoms with Gasteiger partial charge in [-0.25, -0.2) is 9.97 Å². The lowest BCUT2D eigenvalue weighted by Crippen LogP contribution is -2.36. The molecule has 0 saturated carbocycles. The Kier molecular flexibility index (Phi) is 7.19. The topological polar surface area (TPSA) is 50.3 Å². The van der Waals surface area contributed by atoms with E-state index in [4.69, 9.17) is 16.3 Å². The van der Waals surface area contributed by atoms with Crippen LogP contribution in [0.3, 0.4) is 0 Å². The SMILES string of the molecule is CCOCc1nc(Cl)cc(NC(CN(C)C)C(C)C)n1. The minimum Gasteiger partial charge on any atom is -0.374 e. The quantitative estimate of drug-likeness (QED) is 0.748. The van der Waals surface area contributed by atoms with Crippen LogP contribution in [-0.4, -0.2) is 48.2 Å². The molecule has 0 radical (unpaired) electrons. The molecule has 20 heavy (non-hydrogen) atoms. The van der Waals surface area contributed by atoms with Crippen molar-refractivity contribution in [1.29, 1.82) is 0 Å². The number of hydrogen-bond acceptors (Lipinski definition) is 5. The Bertz CT molecular complexity index is 412. The van der Waals surface area contributed by atoms with Crippen LogP contribution < -0.4 is 5.32 Å². The van der Waals surface area contributed by atoms with Crippen molar-refractivity contribution in [1.82, 2.24) is 14.9 Å². The van der Waals surface area contributed by atoms with Gasteiger partial charge in [0.15, 0.2) is 5.82 Å². The Morgan fingerprint density at radius 1 is 1.35 bits per heavy atom. The third kappa shape index (κ3) is 6.03. The van der Waals surface area contributed by atoms with Crippen LogP contribution in [-0.2, 0) is 11.3 Å². The van der Waals surface area contributed by atoms with Crippen molar-refractivity contribution in [2.45, 2.75) is 33.4 Å². The van der Waals surface area contributed by atoms with Crippen LogP contribution in [0.4, 0.5) is 5.82 Å². The van der Waals surface area contributed by atoms with Gasteiger partial charge in [-0.15, -0.1) is 0 Å². The first-order valence-corrected chi connectivity index (χ1v) is 7.32. The van der Waals surface area contributed by atoms with Crippen LogP contribution in [0, 0.1) is 5.92 Å². The fourth-order valence-electron chi connectivity index (χ4n) is 1.80. The lowest BCUT2D eigenvalue weighted by atomic mass is 10.0. The molecule has 0 bridgehead atoms. The minimum absolute atomic E-state index is 0.302. The largest absolute Gasteiger partial charge is 0.374 e. The lowest BCUT2D eigenvalue weighted by Gasteiger charge is -2.26. The number of halogens is 1. The fourth-order valence-corrected chi connectivity index (χ4v) is 2.00. The van der Waals surface area contributed by atoms with Crippen molar-refractivity contribution in [2.75, 3.05) is 32.6 Å². The molecule has 1 aromatic heterocycles. The van der Waals surface area contributed by atoms with Crippen molar-refractivity contribution < 1.29 is 4.74 Å². The molecular formula is C14H25ClN4O. The second kappa shape index (κ2) is 8.39. The summed E-state index contributed by atoms with van der Waals surface area (Å²) in [6.07, 6.45) is 0. The molecule has 1 rings (SSSR count). The Morgan fingerprint density at radius 3 is 2.60 bits per heavy atom. The molecule has 0 saturated heterocycles. The summed E-state index contributed by atoms with van der Waals surface area (Å²) in [5.74, 6) is 1.84. The zero-order chi connectivity index (χ0) is 15.1. The van der Waals surface area contributed by atoms with Gasteiger partial charge in [-0.3, -0.25) is 0 Å². The number of likely N-dealkylation sites (N-methyl/N-ethyl adjacent to an activating group) is 1. The maximum atomic E-state index is 6.04. The predicted octanol–water partition coefficient (Wildman–Crippen LogP) is 2.66. The molecular weight excluding hydrogens is 276 g/mol. The molecule has 0 fully saturated rings. The molecule has 1 atom stereocenters. The van der Waals surface area contributed by atoms with E-state index in [2.05, 4.69) is 48.1 Å². The molecule has 0 aliphatic rings. The van der Waals surface area contributed by atoms with Gasteiger partial charge >= 0.3 is 0 Å². The van der Waals surface area contributed by atoms with Gasteiger partial charge in [0.2, 0.25) is 0 Å². The third-order valence-electron chi connectivity index (χ3n) is 2.88. The summed E-state index contributed by atoms with van der Waals surface area (Å²) in [4.78, 5) is 10.8. The van der Waals surface area contributed by atoms with Crippen LogP contribution in [0.2, 0.25) is 5.15 Å². The highest BCUT2D eigenvalue weighted by molar-refractivity contribution is 6.29. The van der Waals surface area contributed by atoms with Crippen molar-refractivity contribution in [3.63, 3.8) is 0 Å². The van der Waals surface area contributed by atoms with Gasteiger partial charge in [0.1, 0.15) is 17.6 Å². The predicted molar refractivity (Wildman–Crippen MR) is 83.2 cm³/mol. The molecule has 1 heterocycles. The van der Waals surface area contributed by atoms with E-state index in [1.807, 2.05) is 6.92 Å². The van der Waals surface area contributed by atoms with Crippen molar-refractivity contribution in [3.05, 3.63) is 17.0 Å². The van der Waals surface area contributed by atoms with E-state index in [0.717, 1.165) is 12.4 Å². The van der Waals surface area contributed by atoms with Gasteiger partial charge in [0, 0.05) is 25.3 Å². The summed E-state index contributed by atoms with van der Waals surface area (Å²) in [5.41, 5.74) is 0. The summed E-state index contributed by atoms with van der Waals surface area (Å²) in [6.45, 7) is 8.26.